The van der Waals surface area contributed by atoms with Crippen molar-refractivity contribution in [2.45, 2.75) is 26.2 Å². The summed E-state index contributed by atoms with van der Waals surface area (Å²) in [6.45, 7) is 6.27. The van der Waals surface area contributed by atoms with E-state index in [1.165, 1.54) is 6.26 Å². The van der Waals surface area contributed by atoms with Gasteiger partial charge < -0.3 is 15.5 Å². The van der Waals surface area contributed by atoms with E-state index in [2.05, 4.69) is 31.1 Å². The summed E-state index contributed by atoms with van der Waals surface area (Å²) >= 11 is 0. The van der Waals surface area contributed by atoms with Crippen LogP contribution in [0.25, 0.3) is 0 Å². The number of nitrogens with zero attached hydrogens (tertiary/aromatic N) is 1. The fourth-order valence-electron chi connectivity index (χ4n) is 1.82. The number of aromatic nitrogens is 1. The first kappa shape index (κ1) is 13.1. The Morgan fingerprint density at radius 2 is 2.00 bits per heavy atom. The predicted octanol–water partition coefficient (Wildman–Crippen LogP) is 2.81. The summed E-state index contributed by atoms with van der Waals surface area (Å²) in [5.74, 6) is -0.336. The summed E-state index contributed by atoms with van der Waals surface area (Å²) in [5.41, 5.74) is 7.28. The number of para-hydroxylation sites is 1. The molecule has 1 amide bonds. The number of hydrogen-bond donors (Lipinski definition) is 2. The molecular formula is C14H17N3O2. The largest absolute Gasteiger partial charge is 0.431 e. The van der Waals surface area contributed by atoms with Crippen molar-refractivity contribution in [1.82, 2.24) is 4.98 Å². The third-order valence-corrected chi connectivity index (χ3v) is 2.74. The van der Waals surface area contributed by atoms with Crippen molar-refractivity contribution in [2.24, 2.45) is 0 Å². The molecule has 0 spiro atoms. The second kappa shape index (κ2) is 4.76. The molecule has 100 valence electrons. The van der Waals surface area contributed by atoms with Gasteiger partial charge in [-0.3, -0.25) is 4.79 Å². The van der Waals surface area contributed by atoms with Crippen molar-refractivity contribution in [3.63, 3.8) is 0 Å². The molecule has 2 rings (SSSR count). The van der Waals surface area contributed by atoms with Crippen LogP contribution in [0.3, 0.4) is 0 Å². The second-order valence-electron chi connectivity index (χ2n) is 5.32. The Morgan fingerprint density at radius 3 is 2.58 bits per heavy atom. The lowest BCUT2D eigenvalue weighted by molar-refractivity contribution is 0.102. The predicted molar refractivity (Wildman–Crippen MR) is 74.0 cm³/mol. The van der Waals surface area contributed by atoms with Crippen LogP contribution < -0.4 is 11.1 Å². The second-order valence-corrected chi connectivity index (χ2v) is 5.32. The number of benzene rings is 1. The van der Waals surface area contributed by atoms with Crippen LogP contribution in [0.15, 0.2) is 34.9 Å². The van der Waals surface area contributed by atoms with Gasteiger partial charge in [-0.15, -0.1) is 0 Å². The van der Waals surface area contributed by atoms with Crippen LogP contribution in [-0.4, -0.2) is 10.9 Å². The molecule has 1 aromatic carbocycles. The number of carbonyl (C=O) groups is 1. The number of nitrogens with one attached hydrogen (secondary N) is 1. The maximum atomic E-state index is 12.0. The molecule has 19 heavy (non-hydrogen) atoms. The average molecular weight is 259 g/mol. The Balaban J connectivity index is 2.27. The van der Waals surface area contributed by atoms with Crippen molar-refractivity contribution in [3.05, 3.63) is 41.8 Å². The molecule has 0 saturated carbocycles. The van der Waals surface area contributed by atoms with Gasteiger partial charge in [0.05, 0.1) is 0 Å². The Bertz CT molecular complexity index is 597. The average Bonchev–Trinajstić information content (AvgIpc) is 2.75. The van der Waals surface area contributed by atoms with Crippen molar-refractivity contribution in [2.75, 3.05) is 11.1 Å². The third kappa shape index (κ3) is 2.93. The van der Waals surface area contributed by atoms with E-state index in [1.807, 2.05) is 24.3 Å². The van der Waals surface area contributed by atoms with Gasteiger partial charge in [-0.2, -0.15) is 4.98 Å². The molecular weight excluding hydrogens is 242 g/mol. The third-order valence-electron chi connectivity index (χ3n) is 2.74. The number of nitrogen functional groups attached to an aromatic ring is 1. The van der Waals surface area contributed by atoms with E-state index in [9.17, 15) is 4.79 Å². The molecule has 0 aliphatic heterocycles. The molecule has 3 N–H and O–H groups in total. The fraction of sp³-hybridized carbons (Fsp3) is 0.286. The van der Waals surface area contributed by atoms with Crippen LogP contribution in [0, 0.1) is 0 Å². The highest BCUT2D eigenvalue weighted by atomic mass is 16.4. The fourth-order valence-corrected chi connectivity index (χ4v) is 1.82. The standard InChI is InChI=1S/C14H17N3O2/c1-14(2,3)9-6-4-5-7-10(9)16-12(18)11-8-19-13(15)17-11/h4-8H,1-3H3,(H2,15,17)(H,16,18). The first-order chi connectivity index (χ1) is 8.88. The smallest absolute Gasteiger partial charge is 0.292 e. The minimum Gasteiger partial charge on any atom is -0.431 e. The lowest BCUT2D eigenvalue weighted by Gasteiger charge is -2.22. The SMILES string of the molecule is CC(C)(C)c1ccccc1NC(=O)c1coc(N)n1. The van der Waals surface area contributed by atoms with E-state index in [0.717, 1.165) is 11.3 Å². The highest BCUT2D eigenvalue weighted by Crippen LogP contribution is 2.29. The van der Waals surface area contributed by atoms with Gasteiger partial charge in [-0.25, -0.2) is 0 Å². The van der Waals surface area contributed by atoms with Crippen molar-refractivity contribution < 1.29 is 9.21 Å². The van der Waals surface area contributed by atoms with Crippen molar-refractivity contribution >= 4 is 17.6 Å². The first-order valence-corrected chi connectivity index (χ1v) is 6.00. The normalized spacial score (nSPS) is 11.3. The summed E-state index contributed by atoms with van der Waals surface area (Å²) < 4.78 is 4.83. The van der Waals surface area contributed by atoms with Gasteiger partial charge in [0.2, 0.25) is 0 Å². The number of amides is 1. The Morgan fingerprint density at radius 1 is 1.32 bits per heavy atom. The quantitative estimate of drug-likeness (QED) is 0.868. The number of hydrogen-bond acceptors (Lipinski definition) is 4. The molecule has 0 saturated heterocycles. The number of carbonyl (C=O) groups excluding carboxylic acids is 1. The van der Waals surface area contributed by atoms with Gasteiger partial charge in [0.25, 0.3) is 11.9 Å². The molecule has 5 nitrogen and oxygen atoms in total. The number of anilines is 2. The van der Waals surface area contributed by atoms with Crippen LogP contribution in [0.2, 0.25) is 0 Å². The Labute approximate surface area is 111 Å². The number of nitrogens with two attached hydrogens (primary N) is 1. The Kier molecular flexibility index (Phi) is 3.29. The van der Waals surface area contributed by atoms with Gasteiger partial charge in [0.15, 0.2) is 5.69 Å². The lowest BCUT2D eigenvalue weighted by atomic mass is 9.86. The molecule has 0 aliphatic carbocycles. The maximum absolute atomic E-state index is 12.0. The molecule has 0 unspecified atom stereocenters. The molecule has 0 bridgehead atoms. The minimum absolute atomic E-state index is 0.0192. The highest BCUT2D eigenvalue weighted by molar-refractivity contribution is 6.03. The summed E-state index contributed by atoms with van der Waals surface area (Å²) in [6, 6.07) is 7.66. The molecule has 5 heteroatoms. The van der Waals surface area contributed by atoms with Gasteiger partial charge >= 0.3 is 0 Å². The summed E-state index contributed by atoms with van der Waals surface area (Å²) in [6.07, 6.45) is 1.24. The molecule has 0 radical (unpaired) electrons. The zero-order valence-electron chi connectivity index (χ0n) is 11.2. The zero-order chi connectivity index (χ0) is 14.0. The van der Waals surface area contributed by atoms with Crippen LogP contribution in [0.4, 0.5) is 11.7 Å². The molecule has 1 aromatic heterocycles. The topological polar surface area (TPSA) is 81.2 Å². The minimum atomic E-state index is -0.336. The van der Waals surface area contributed by atoms with Gasteiger partial charge in [0, 0.05) is 5.69 Å². The summed E-state index contributed by atoms with van der Waals surface area (Å²) in [5, 5.41) is 2.83. The van der Waals surface area contributed by atoms with E-state index in [4.69, 9.17) is 10.2 Å². The van der Waals surface area contributed by atoms with Gasteiger partial charge in [-0.1, -0.05) is 39.0 Å². The van der Waals surface area contributed by atoms with Crippen LogP contribution >= 0.6 is 0 Å². The van der Waals surface area contributed by atoms with E-state index < -0.39 is 0 Å². The lowest BCUT2D eigenvalue weighted by Crippen LogP contribution is -2.18. The Hall–Kier alpha value is -2.30. The van der Waals surface area contributed by atoms with Crippen LogP contribution in [-0.2, 0) is 5.41 Å². The first-order valence-electron chi connectivity index (χ1n) is 6.00. The van der Waals surface area contributed by atoms with Gasteiger partial charge in [0.1, 0.15) is 6.26 Å². The molecule has 2 aromatic rings. The van der Waals surface area contributed by atoms with Crippen molar-refractivity contribution in [1.29, 1.82) is 0 Å². The van der Waals surface area contributed by atoms with Gasteiger partial charge in [-0.05, 0) is 17.0 Å². The zero-order valence-corrected chi connectivity index (χ0v) is 11.2. The molecule has 0 aliphatic rings. The number of oxazole rings is 1. The van der Waals surface area contributed by atoms with Crippen molar-refractivity contribution in [3.8, 4) is 0 Å². The number of rotatable bonds is 2. The van der Waals surface area contributed by atoms with E-state index in [0.29, 0.717) is 0 Å². The molecule has 0 atom stereocenters. The summed E-state index contributed by atoms with van der Waals surface area (Å²) in [7, 11) is 0. The molecule has 0 fully saturated rings. The maximum Gasteiger partial charge on any atom is 0.292 e. The van der Waals surface area contributed by atoms with E-state index in [-0.39, 0.29) is 23.0 Å². The highest BCUT2D eigenvalue weighted by Gasteiger charge is 2.19. The van der Waals surface area contributed by atoms with Crippen LogP contribution in [0.1, 0.15) is 36.8 Å². The van der Waals surface area contributed by atoms with E-state index in [1.54, 1.807) is 0 Å². The molecule has 1 heterocycles. The van der Waals surface area contributed by atoms with E-state index >= 15 is 0 Å². The summed E-state index contributed by atoms with van der Waals surface area (Å²) in [4.78, 5) is 15.8. The monoisotopic (exact) mass is 259 g/mol. The van der Waals surface area contributed by atoms with Crippen LogP contribution in [0.5, 0.6) is 0 Å².